The molecule has 0 aromatic carbocycles. The Hall–Kier alpha value is -1.95. The fourth-order valence-electron chi connectivity index (χ4n) is 2.66. The summed E-state index contributed by atoms with van der Waals surface area (Å²) in [7, 11) is 0. The van der Waals surface area contributed by atoms with Gasteiger partial charge in [0.15, 0.2) is 0 Å². The molecule has 6 heteroatoms. The Morgan fingerprint density at radius 3 is 2.57 bits per heavy atom. The molecule has 0 unspecified atom stereocenters. The van der Waals surface area contributed by atoms with Gasteiger partial charge in [-0.25, -0.2) is 4.98 Å². The van der Waals surface area contributed by atoms with Crippen molar-refractivity contribution >= 4 is 5.82 Å². The first-order valence-electron chi connectivity index (χ1n) is 7.31. The SMILES string of the molecule is Cc1cnc(C)c(N2CCN(Cc3cc(C)on3)CC2)n1. The van der Waals surface area contributed by atoms with E-state index in [1.807, 2.05) is 33.0 Å². The Morgan fingerprint density at radius 2 is 1.90 bits per heavy atom. The van der Waals surface area contributed by atoms with Crippen LogP contribution in [0.4, 0.5) is 5.82 Å². The van der Waals surface area contributed by atoms with Crippen LogP contribution in [0.25, 0.3) is 0 Å². The number of piperazine rings is 1. The lowest BCUT2D eigenvalue weighted by Crippen LogP contribution is -2.46. The summed E-state index contributed by atoms with van der Waals surface area (Å²) in [6.45, 7) is 10.7. The first-order chi connectivity index (χ1) is 10.1. The zero-order valence-electron chi connectivity index (χ0n) is 12.8. The molecule has 0 atom stereocenters. The lowest BCUT2D eigenvalue weighted by molar-refractivity contribution is 0.241. The minimum absolute atomic E-state index is 0.851. The maximum absolute atomic E-state index is 5.12. The fraction of sp³-hybridized carbons (Fsp3) is 0.533. The Bertz CT molecular complexity index is 616. The van der Waals surface area contributed by atoms with E-state index >= 15 is 0 Å². The van der Waals surface area contributed by atoms with Crippen molar-refractivity contribution in [3.63, 3.8) is 0 Å². The molecule has 0 N–H and O–H groups in total. The molecule has 0 radical (unpaired) electrons. The minimum Gasteiger partial charge on any atom is -0.361 e. The highest BCUT2D eigenvalue weighted by atomic mass is 16.5. The van der Waals surface area contributed by atoms with Crippen LogP contribution < -0.4 is 4.90 Å². The average Bonchev–Trinajstić information content (AvgIpc) is 2.88. The van der Waals surface area contributed by atoms with E-state index < -0.39 is 0 Å². The highest BCUT2D eigenvalue weighted by Crippen LogP contribution is 2.18. The van der Waals surface area contributed by atoms with Crippen LogP contribution in [-0.4, -0.2) is 46.2 Å². The van der Waals surface area contributed by atoms with Crippen molar-refractivity contribution in [3.8, 4) is 0 Å². The van der Waals surface area contributed by atoms with Crippen LogP contribution in [0.1, 0.15) is 22.8 Å². The zero-order chi connectivity index (χ0) is 14.8. The van der Waals surface area contributed by atoms with Crippen LogP contribution in [0.2, 0.25) is 0 Å². The van der Waals surface area contributed by atoms with E-state index in [1.54, 1.807) is 0 Å². The molecule has 0 spiro atoms. The number of nitrogens with zero attached hydrogens (tertiary/aromatic N) is 5. The Labute approximate surface area is 124 Å². The third-order valence-electron chi connectivity index (χ3n) is 3.79. The molecule has 3 rings (SSSR count). The van der Waals surface area contributed by atoms with Crippen molar-refractivity contribution in [3.05, 3.63) is 35.1 Å². The third kappa shape index (κ3) is 3.21. The molecule has 2 aromatic rings. The fourth-order valence-corrected chi connectivity index (χ4v) is 2.66. The van der Waals surface area contributed by atoms with Crippen LogP contribution >= 0.6 is 0 Å². The number of anilines is 1. The summed E-state index contributed by atoms with van der Waals surface area (Å²) in [5, 5.41) is 4.06. The topological polar surface area (TPSA) is 58.3 Å². The second kappa shape index (κ2) is 5.81. The van der Waals surface area contributed by atoms with Gasteiger partial charge in [-0.1, -0.05) is 5.16 Å². The largest absolute Gasteiger partial charge is 0.361 e. The highest BCUT2D eigenvalue weighted by molar-refractivity contribution is 5.43. The van der Waals surface area contributed by atoms with Crippen molar-refractivity contribution in [1.82, 2.24) is 20.0 Å². The van der Waals surface area contributed by atoms with Crippen LogP contribution in [0, 0.1) is 20.8 Å². The van der Waals surface area contributed by atoms with E-state index in [4.69, 9.17) is 4.52 Å². The average molecular weight is 287 g/mol. The molecule has 0 amide bonds. The molecule has 2 aromatic heterocycles. The van der Waals surface area contributed by atoms with Gasteiger partial charge < -0.3 is 9.42 Å². The molecule has 0 aliphatic carbocycles. The number of rotatable bonds is 3. The summed E-state index contributed by atoms with van der Waals surface area (Å²) in [6, 6.07) is 2.00. The zero-order valence-corrected chi connectivity index (χ0v) is 12.8. The van der Waals surface area contributed by atoms with E-state index in [0.717, 1.165) is 61.4 Å². The van der Waals surface area contributed by atoms with Crippen molar-refractivity contribution < 1.29 is 4.52 Å². The standard InChI is InChI=1S/C15H21N5O/c1-11-9-16-13(3)15(17-11)20-6-4-19(5-7-20)10-14-8-12(2)21-18-14/h8-9H,4-7,10H2,1-3H3. The number of aryl methyl sites for hydroxylation is 3. The highest BCUT2D eigenvalue weighted by Gasteiger charge is 2.20. The minimum atomic E-state index is 0.851. The summed E-state index contributed by atoms with van der Waals surface area (Å²) in [5.74, 6) is 1.89. The van der Waals surface area contributed by atoms with Gasteiger partial charge in [0, 0.05) is 45.0 Å². The predicted octanol–water partition coefficient (Wildman–Crippen LogP) is 1.71. The molecule has 6 nitrogen and oxygen atoms in total. The van der Waals surface area contributed by atoms with Crippen LogP contribution in [0.15, 0.2) is 16.8 Å². The molecule has 1 fully saturated rings. The van der Waals surface area contributed by atoms with E-state index in [1.165, 1.54) is 0 Å². The molecular weight excluding hydrogens is 266 g/mol. The van der Waals surface area contributed by atoms with Gasteiger partial charge in [-0.3, -0.25) is 9.88 Å². The van der Waals surface area contributed by atoms with Gasteiger partial charge >= 0.3 is 0 Å². The van der Waals surface area contributed by atoms with Crippen LogP contribution in [0.5, 0.6) is 0 Å². The summed E-state index contributed by atoms with van der Waals surface area (Å²) in [5.41, 5.74) is 2.98. The van der Waals surface area contributed by atoms with Crippen molar-refractivity contribution in [1.29, 1.82) is 0 Å². The van der Waals surface area contributed by atoms with Crippen molar-refractivity contribution in [2.24, 2.45) is 0 Å². The van der Waals surface area contributed by atoms with Gasteiger partial charge in [-0.2, -0.15) is 0 Å². The van der Waals surface area contributed by atoms with E-state index in [-0.39, 0.29) is 0 Å². The monoisotopic (exact) mass is 287 g/mol. The molecule has 112 valence electrons. The van der Waals surface area contributed by atoms with E-state index in [9.17, 15) is 0 Å². The van der Waals surface area contributed by atoms with Crippen LogP contribution in [-0.2, 0) is 6.54 Å². The summed E-state index contributed by atoms with van der Waals surface area (Å²) >= 11 is 0. The third-order valence-corrected chi connectivity index (χ3v) is 3.79. The maximum atomic E-state index is 5.12. The van der Waals surface area contributed by atoms with Gasteiger partial charge in [0.2, 0.25) is 0 Å². The quantitative estimate of drug-likeness (QED) is 0.856. The van der Waals surface area contributed by atoms with Gasteiger partial charge in [-0.15, -0.1) is 0 Å². The Balaban J connectivity index is 1.61. The molecule has 0 bridgehead atoms. The summed E-state index contributed by atoms with van der Waals surface area (Å²) < 4.78 is 5.12. The maximum Gasteiger partial charge on any atom is 0.150 e. The lowest BCUT2D eigenvalue weighted by atomic mass is 10.2. The molecule has 1 aliphatic heterocycles. The lowest BCUT2D eigenvalue weighted by Gasteiger charge is -2.35. The Kier molecular flexibility index (Phi) is 3.88. The summed E-state index contributed by atoms with van der Waals surface area (Å²) in [4.78, 5) is 13.7. The molecule has 0 saturated carbocycles. The summed E-state index contributed by atoms with van der Waals surface area (Å²) in [6.07, 6.45) is 1.82. The first-order valence-corrected chi connectivity index (χ1v) is 7.31. The molecule has 1 saturated heterocycles. The number of hydrogen-bond donors (Lipinski definition) is 0. The normalized spacial score (nSPS) is 16.4. The Morgan fingerprint density at radius 1 is 1.14 bits per heavy atom. The van der Waals surface area contributed by atoms with Crippen LogP contribution in [0.3, 0.4) is 0 Å². The second-order valence-corrected chi connectivity index (χ2v) is 5.61. The predicted molar refractivity (Wildman–Crippen MR) is 80.2 cm³/mol. The molecule has 3 heterocycles. The number of aromatic nitrogens is 3. The van der Waals surface area contributed by atoms with Gasteiger partial charge in [-0.05, 0) is 20.8 Å². The van der Waals surface area contributed by atoms with Crippen molar-refractivity contribution in [2.75, 3.05) is 31.1 Å². The second-order valence-electron chi connectivity index (χ2n) is 5.61. The first kappa shape index (κ1) is 14.0. The molecule has 21 heavy (non-hydrogen) atoms. The van der Waals surface area contributed by atoms with Gasteiger partial charge in [0.25, 0.3) is 0 Å². The van der Waals surface area contributed by atoms with E-state index in [0.29, 0.717) is 0 Å². The van der Waals surface area contributed by atoms with Crippen molar-refractivity contribution in [2.45, 2.75) is 27.3 Å². The molecular formula is C15H21N5O. The van der Waals surface area contributed by atoms with Gasteiger partial charge in [0.1, 0.15) is 11.6 Å². The number of hydrogen-bond acceptors (Lipinski definition) is 6. The van der Waals surface area contributed by atoms with E-state index in [2.05, 4.69) is 24.9 Å². The smallest absolute Gasteiger partial charge is 0.150 e. The van der Waals surface area contributed by atoms with Gasteiger partial charge in [0.05, 0.1) is 17.1 Å². The molecule has 1 aliphatic rings.